The van der Waals surface area contributed by atoms with Gasteiger partial charge in [0.15, 0.2) is 0 Å². The van der Waals surface area contributed by atoms with E-state index < -0.39 is 10.0 Å². The van der Waals surface area contributed by atoms with E-state index in [0.717, 1.165) is 11.3 Å². The molecule has 0 fully saturated rings. The highest BCUT2D eigenvalue weighted by atomic mass is 35.5. The normalized spacial score (nSPS) is 12.1. The lowest BCUT2D eigenvalue weighted by atomic mass is 10.1. The Kier molecular flexibility index (Phi) is 7.20. The van der Waals surface area contributed by atoms with Gasteiger partial charge in [0, 0.05) is 0 Å². The maximum absolute atomic E-state index is 12.7. The topological polar surface area (TPSA) is 84.5 Å². The third-order valence-corrected chi connectivity index (χ3v) is 6.27. The second kappa shape index (κ2) is 9.85. The van der Waals surface area contributed by atoms with Crippen LogP contribution in [0.5, 0.6) is 5.75 Å². The minimum absolute atomic E-state index is 0.136. The van der Waals surface area contributed by atoms with E-state index in [1.807, 2.05) is 38.1 Å². The van der Waals surface area contributed by atoms with E-state index in [4.69, 9.17) is 16.3 Å². The predicted octanol–water partition coefficient (Wildman–Crippen LogP) is 5.03. The van der Waals surface area contributed by atoms with E-state index in [-0.39, 0.29) is 33.1 Å². The predicted molar refractivity (Wildman–Crippen MR) is 122 cm³/mol. The quantitative estimate of drug-likeness (QED) is 0.495. The molecule has 2 N–H and O–H groups in total. The van der Waals surface area contributed by atoms with Crippen molar-refractivity contribution in [3.05, 3.63) is 88.9 Å². The molecule has 0 aromatic heterocycles. The number of benzene rings is 3. The van der Waals surface area contributed by atoms with Gasteiger partial charge in [0.2, 0.25) is 0 Å². The van der Waals surface area contributed by atoms with Crippen molar-refractivity contribution in [2.24, 2.45) is 0 Å². The van der Waals surface area contributed by atoms with Crippen LogP contribution >= 0.6 is 11.6 Å². The average molecular weight is 459 g/mol. The molecule has 6 nitrogen and oxygen atoms in total. The number of rotatable bonds is 8. The van der Waals surface area contributed by atoms with Crippen molar-refractivity contribution >= 4 is 33.2 Å². The number of hydrogen-bond donors (Lipinski definition) is 2. The molecule has 162 valence electrons. The Hall–Kier alpha value is -3.03. The van der Waals surface area contributed by atoms with Gasteiger partial charge in [0.1, 0.15) is 5.75 Å². The highest BCUT2D eigenvalue weighted by Crippen LogP contribution is 2.24. The lowest BCUT2D eigenvalue weighted by Crippen LogP contribution is -2.27. The maximum atomic E-state index is 12.7. The standard InChI is InChI=1S/C23H23ClN2O4S/c1-3-30-19-12-9-17(10-13-19)16(2)25-23(27)21-14-11-18(15-22(21)24)26-31(28,29)20-7-5-4-6-8-20/h4-16,26H,3H2,1-2H3,(H,25,27)/t16-/m1/s1. The molecule has 1 amide bonds. The Labute approximate surface area is 187 Å². The summed E-state index contributed by atoms with van der Waals surface area (Å²) in [5, 5.41) is 3.04. The van der Waals surface area contributed by atoms with Gasteiger partial charge in [-0.1, -0.05) is 41.9 Å². The van der Waals surface area contributed by atoms with E-state index in [2.05, 4.69) is 10.0 Å². The van der Waals surface area contributed by atoms with Crippen molar-refractivity contribution in [3.8, 4) is 5.75 Å². The van der Waals surface area contributed by atoms with Crippen molar-refractivity contribution in [1.29, 1.82) is 0 Å². The summed E-state index contributed by atoms with van der Waals surface area (Å²) in [5.41, 5.74) is 1.44. The van der Waals surface area contributed by atoms with Crippen molar-refractivity contribution in [1.82, 2.24) is 5.32 Å². The summed E-state index contributed by atoms with van der Waals surface area (Å²) in [7, 11) is -3.75. The van der Waals surface area contributed by atoms with Crippen molar-refractivity contribution < 1.29 is 17.9 Å². The van der Waals surface area contributed by atoms with Crippen LogP contribution in [0.2, 0.25) is 5.02 Å². The number of hydrogen-bond acceptors (Lipinski definition) is 4. The van der Waals surface area contributed by atoms with Crippen molar-refractivity contribution in [2.75, 3.05) is 11.3 Å². The van der Waals surface area contributed by atoms with Crippen molar-refractivity contribution in [3.63, 3.8) is 0 Å². The molecule has 0 saturated heterocycles. The number of nitrogens with one attached hydrogen (secondary N) is 2. The van der Waals surface area contributed by atoms with Gasteiger partial charge in [-0.15, -0.1) is 0 Å². The van der Waals surface area contributed by atoms with Crippen LogP contribution in [0.3, 0.4) is 0 Å². The molecule has 0 unspecified atom stereocenters. The first-order valence-corrected chi connectivity index (χ1v) is 11.6. The molecular formula is C23H23ClN2O4S. The minimum atomic E-state index is -3.75. The third kappa shape index (κ3) is 5.77. The fourth-order valence-electron chi connectivity index (χ4n) is 2.95. The van der Waals surface area contributed by atoms with Gasteiger partial charge in [-0.05, 0) is 61.9 Å². The zero-order chi connectivity index (χ0) is 22.4. The number of sulfonamides is 1. The number of amides is 1. The number of carbonyl (C=O) groups is 1. The Morgan fingerprint density at radius 2 is 1.71 bits per heavy atom. The maximum Gasteiger partial charge on any atom is 0.261 e. The largest absolute Gasteiger partial charge is 0.494 e. The zero-order valence-corrected chi connectivity index (χ0v) is 18.7. The molecule has 8 heteroatoms. The summed E-state index contributed by atoms with van der Waals surface area (Å²) < 4.78 is 32.8. The fourth-order valence-corrected chi connectivity index (χ4v) is 4.29. The van der Waals surface area contributed by atoms with Crippen LogP contribution in [0, 0.1) is 0 Å². The monoisotopic (exact) mass is 458 g/mol. The lowest BCUT2D eigenvalue weighted by molar-refractivity contribution is 0.0940. The molecule has 3 aromatic carbocycles. The number of halogens is 1. The van der Waals surface area contributed by atoms with Crippen LogP contribution < -0.4 is 14.8 Å². The molecule has 0 aliphatic rings. The van der Waals surface area contributed by atoms with E-state index in [1.165, 1.54) is 30.3 Å². The summed E-state index contributed by atoms with van der Waals surface area (Å²) >= 11 is 6.27. The van der Waals surface area contributed by atoms with Crippen molar-refractivity contribution in [2.45, 2.75) is 24.8 Å². The highest BCUT2D eigenvalue weighted by Gasteiger charge is 2.17. The first-order chi connectivity index (χ1) is 14.8. The second-order valence-corrected chi connectivity index (χ2v) is 8.90. The smallest absolute Gasteiger partial charge is 0.261 e. The Morgan fingerprint density at radius 1 is 1.03 bits per heavy atom. The van der Waals surface area contributed by atoms with Gasteiger partial charge in [-0.25, -0.2) is 8.42 Å². The van der Waals surface area contributed by atoms with Gasteiger partial charge >= 0.3 is 0 Å². The van der Waals surface area contributed by atoms with E-state index in [0.29, 0.717) is 6.61 Å². The molecule has 0 heterocycles. The molecule has 0 radical (unpaired) electrons. The zero-order valence-electron chi connectivity index (χ0n) is 17.1. The molecule has 3 rings (SSSR count). The van der Waals surface area contributed by atoms with Gasteiger partial charge in [0.05, 0.1) is 33.8 Å². The lowest BCUT2D eigenvalue weighted by Gasteiger charge is -2.16. The van der Waals surface area contributed by atoms with E-state index in [9.17, 15) is 13.2 Å². The van der Waals surface area contributed by atoms with Gasteiger partial charge < -0.3 is 10.1 Å². The molecule has 0 saturated carbocycles. The molecule has 0 spiro atoms. The van der Waals surface area contributed by atoms with Gasteiger partial charge in [0.25, 0.3) is 15.9 Å². The second-order valence-electron chi connectivity index (χ2n) is 6.81. The first-order valence-electron chi connectivity index (χ1n) is 9.71. The SMILES string of the molecule is CCOc1ccc([C@@H](C)NC(=O)c2ccc(NS(=O)(=O)c3ccccc3)cc2Cl)cc1. The minimum Gasteiger partial charge on any atom is -0.494 e. The summed E-state index contributed by atoms with van der Waals surface area (Å²) in [6, 6.07) is 19.6. The number of ether oxygens (including phenoxy) is 1. The Morgan fingerprint density at radius 3 is 2.32 bits per heavy atom. The van der Waals surface area contributed by atoms with Gasteiger partial charge in [-0.3, -0.25) is 9.52 Å². The van der Waals surface area contributed by atoms with Crippen LogP contribution in [-0.4, -0.2) is 20.9 Å². The van der Waals surface area contributed by atoms with E-state index >= 15 is 0 Å². The molecule has 0 aliphatic carbocycles. The Bertz CT molecular complexity index is 1150. The van der Waals surface area contributed by atoms with Gasteiger partial charge in [-0.2, -0.15) is 0 Å². The molecule has 1 atom stereocenters. The Balaban J connectivity index is 1.69. The summed E-state index contributed by atoms with van der Waals surface area (Å²) in [4.78, 5) is 12.8. The summed E-state index contributed by atoms with van der Waals surface area (Å²) in [5.74, 6) is 0.408. The summed E-state index contributed by atoms with van der Waals surface area (Å²) in [6.45, 7) is 4.36. The number of carbonyl (C=O) groups excluding carboxylic acids is 1. The number of anilines is 1. The van der Waals surface area contributed by atoms with Crippen LogP contribution in [0.1, 0.15) is 35.8 Å². The highest BCUT2D eigenvalue weighted by molar-refractivity contribution is 7.92. The fraction of sp³-hybridized carbons (Fsp3) is 0.174. The molecule has 31 heavy (non-hydrogen) atoms. The molecule has 3 aromatic rings. The van der Waals surface area contributed by atoms with Crippen LogP contribution in [0.15, 0.2) is 77.7 Å². The van der Waals surface area contributed by atoms with Crippen LogP contribution in [0.4, 0.5) is 5.69 Å². The molecule has 0 aliphatic heterocycles. The van der Waals surface area contributed by atoms with Crippen LogP contribution in [0.25, 0.3) is 0 Å². The third-order valence-electron chi connectivity index (χ3n) is 4.56. The first kappa shape index (κ1) is 22.7. The molecule has 0 bridgehead atoms. The summed E-state index contributed by atoms with van der Waals surface area (Å²) in [6.07, 6.45) is 0. The van der Waals surface area contributed by atoms with Crippen LogP contribution in [-0.2, 0) is 10.0 Å². The van der Waals surface area contributed by atoms with E-state index in [1.54, 1.807) is 18.2 Å². The molecular weight excluding hydrogens is 436 g/mol. The average Bonchev–Trinajstić information content (AvgIpc) is 2.75.